The minimum atomic E-state index is -0.935. The Morgan fingerprint density at radius 1 is 1.19 bits per heavy atom. The highest BCUT2D eigenvalue weighted by Crippen LogP contribution is 2.40. The van der Waals surface area contributed by atoms with Crippen LogP contribution in [0.25, 0.3) is 0 Å². The Labute approximate surface area is 163 Å². The van der Waals surface area contributed by atoms with Crippen molar-refractivity contribution in [1.82, 2.24) is 5.32 Å². The fourth-order valence-corrected chi connectivity index (χ4v) is 3.54. The van der Waals surface area contributed by atoms with Crippen LogP contribution >= 0.6 is 11.6 Å². The summed E-state index contributed by atoms with van der Waals surface area (Å²) in [6.45, 7) is 2.09. The number of hydrogen-bond acceptors (Lipinski definition) is 4. The number of carbonyl (C=O) groups is 1. The molecule has 0 bridgehead atoms. The van der Waals surface area contributed by atoms with Gasteiger partial charge in [0.1, 0.15) is 5.75 Å². The summed E-state index contributed by atoms with van der Waals surface area (Å²) in [5.41, 5.74) is 4.57. The van der Waals surface area contributed by atoms with Crippen LogP contribution in [-0.4, -0.2) is 35.8 Å². The molecule has 0 aliphatic carbocycles. The number of para-hydroxylation sites is 1. The number of phenols is 1. The van der Waals surface area contributed by atoms with Crippen molar-refractivity contribution in [2.24, 2.45) is 0 Å². The summed E-state index contributed by atoms with van der Waals surface area (Å²) in [6, 6.07) is 12.0. The number of carboxylic acids is 1. The molecule has 2 aromatic rings. The number of aryl methyl sites for hydroxylation is 2. The third kappa shape index (κ3) is 4.81. The van der Waals surface area contributed by atoms with Gasteiger partial charge in [-0.15, -0.1) is 0 Å². The van der Waals surface area contributed by atoms with Crippen molar-refractivity contribution in [2.45, 2.75) is 19.3 Å². The van der Waals surface area contributed by atoms with Crippen LogP contribution < -0.4 is 10.2 Å². The van der Waals surface area contributed by atoms with E-state index in [0.29, 0.717) is 11.6 Å². The predicted octanol–water partition coefficient (Wildman–Crippen LogP) is 3.90. The first-order valence-corrected chi connectivity index (χ1v) is 9.41. The highest BCUT2D eigenvalue weighted by atomic mass is 35.5. The molecule has 0 aromatic heterocycles. The van der Waals surface area contributed by atoms with E-state index < -0.39 is 5.97 Å². The molecule has 27 heavy (non-hydrogen) atoms. The molecule has 5 nitrogen and oxygen atoms in total. The molecule has 6 heteroatoms. The van der Waals surface area contributed by atoms with Crippen molar-refractivity contribution in [3.05, 3.63) is 64.7 Å². The lowest BCUT2D eigenvalue weighted by atomic mass is 10.0. The number of phenolic OH excluding ortho intramolecular Hbond substituents is 1. The van der Waals surface area contributed by atoms with Gasteiger partial charge in [-0.1, -0.05) is 35.9 Å². The molecule has 2 aromatic carbocycles. The molecule has 0 spiro atoms. The topological polar surface area (TPSA) is 72.8 Å². The predicted molar refractivity (Wildman–Crippen MR) is 108 cm³/mol. The number of aromatic hydroxyl groups is 1. The van der Waals surface area contributed by atoms with Gasteiger partial charge in [0.25, 0.3) is 0 Å². The van der Waals surface area contributed by atoms with Crippen LogP contribution in [0.15, 0.2) is 48.6 Å². The number of nitrogens with one attached hydrogen (secondary N) is 1. The van der Waals surface area contributed by atoms with E-state index in [1.165, 1.54) is 11.3 Å². The van der Waals surface area contributed by atoms with Gasteiger partial charge in [-0.25, -0.2) is 4.79 Å². The lowest BCUT2D eigenvalue weighted by molar-refractivity contribution is -0.131. The molecular formula is C21H23ClN2O3. The molecule has 0 amide bonds. The van der Waals surface area contributed by atoms with Crippen molar-refractivity contribution in [3.8, 4) is 5.75 Å². The quantitative estimate of drug-likeness (QED) is 0.497. The fourth-order valence-electron chi connectivity index (χ4n) is 3.38. The molecule has 0 saturated carbocycles. The number of nitrogens with zero attached hydrogens (tertiary/aromatic N) is 1. The molecule has 3 rings (SSSR count). The summed E-state index contributed by atoms with van der Waals surface area (Å²) >= 11 is 6.19. The third-order valence-corrected chi connectivity index (χ3v) is 4.95. The second-order valence-electron chi connectivity index (χ2n) is 6.51. The van der Waals surface area contributed by atoms with E-state index in [9.17, 15) is 9.90 Å². The van der Waals surface area contributed by atoms with E-state index in [2.05, 4.69) is 22.3 Å². The number of rotatable bonds is 7. The highest BCUT2D eigenvalue weighted by molar-refractivity contribution is 6.32. The van der Waals surface area contributed by atoms with Gasteiger partial charge in [0, 0.05) is 30.5 Å². The van der Waals surface area contributed by atoms with Crippen LogP contribution in [0.2, 0.25) is 5.02 Å². The average molecular weight is 387 g/mol. The molecule has 3 N–H and O–H groups in total. The molecule has 1 aliphatic heterocycles. The number of benzene rings is 2. The number of halogens is 1. The standard InChI is InChI=1S/C21H23ClN2O3/c22-17-14-19-16(13-20(17)25)9-8-15-5-1-2-6-18(15)24(19)12-4-11-23-10-3-7-21(26)27/h1-3,5-7,13-14,23,25H,4,8-12H2,(H,26,27)/b7-3+. The van der Waals surface area contributed by atoms with Crippen LogP contribution in [0, 0.1) is 0 Å². The van der Waals surface area contributed by atoms with Crippen molar-refractivity contribution in [1.29, 1.82) is 0 Å². The zero-order valence-electron chi connectivity index (χ0n) is 15.0. The van der Waals surface area contributed by atoms with Gasteiger partial charge in [0.15, 0.2) is 0 Å². The minimum absolute atomic E-state index is 0.119. The highest BCUT2D eigenvalue weighted by Gasteiger charge is 2.21. The zero-order chi connectivity index (χ0) is 19.2. The fraction of sp³-hybridized carbons (Fsp3) is 0.286. The second-order valence-corrected chi connectivity index (χ2v) is 6.92. The third-order valence-electron chi connectivity index (χ3n) is 4.64. The Balaban J connectivity index is 1.75. The smallest absolute Gasteiger partial charge is 0.328 e. The number of hydrogen-bond donors (Lipinski definition) is 3. The maximum absolute atomic E-state index is 10.5. The monoisotopic (exact) mass is 386 g/mol. The Morgan fingerprint density at radius 2 is 1.96 bits per heavy atom. The average Bonchev–Trinajstić information content (AvgIpc) is 2.79. The van der Waals surface area contributed by atoms with E-state index in [4.69, 9.17) is 16.7 Å². The van der Waals surface area contributed by atoms with Crippen molar-refractivity contribution < 1.29 is 15.0 Å². The molecular weight excluding hydrogens is 364 g/mol. The summed E-state index contributed by atoms with van der Waals surface area (Å²) in [6.07, 6.45) is 5.39. The zero-order valence-corrected chi connectivity index (χ0v) is 15.7. The van der Waals surface area contributed by atoms with E-state index in [1.54, 1.807) is 12.1 Å². The Kier molecular flexibility index (Phi) is 6.37. The first-order chi connectivity index (χ1) is 13.1. The van der Waals surface area contributed by atoms with Crippen LogP contribution in [0.3, 0.4) is 0 Å². The van der Waals surface area contributed by atoms with Crippen LogP contribution in [-0.2, 0) is 17.6 Å². The molecule has 142 valence electrons. The summed E-state index contributed by atoms with van der Waals surface area (Å²) in [5, 5.41) is 22.2. The maximum atomic E-state index is 10.5. The lowest BCUT2D eigenvalue weighted by Gasteiger charge is -2.27. The SMILES string of the molecule is O=C(O)/C=C/CNCCCN1c2ccccc2CCc2cc(O)c(Cl)cc21. The lowest BCUT2D eigenvalue weighted by Crippen LogP contribution is -2.24. The first kappa shape index (κ1) is 19.3. The van der Waals surface area contributed by atoms with E-state index in [1.807, 2.05) is 18.2 Å². The molecule has 0 atom stereocenters. The van der Waals surface area contributed by atoms with Crippen molar-refractivity contribution in [3.63, 3.8) is 0 Å². The van der Waals surface area contributed by atoms with Gasteiger partial charge < -0.3 is 20.4 Å². The Bertz CT molecular complexity index is 851. The molecule has 0 unspecified atom stereocenters. The van der Waals surface area contributed by atoms with Gasteiger partial charge in [-0.05, 0) is 55.1 Å². The molecule has 0 fully saturated rings. The first-order valence-electron chi connectivity index (χ1n) is 9.03. The van der Waals surface area contributed by atoms with Gasteiger partial charge in [0.05, 0.1) is 5.02 Å². The van der Waals surface area contributed by atoms with E-state index >= 15 is 0 Å². The van der Waals surface area contributed by atoms with E-state index in [0.717, 1.165) is 49.7 Å². The molecule has 0 saturated heterocycles. The van der Waals surface area contributed by atoms with Crippen molar-refractivity contribution >= 4 is 28.9 Å². The van der Waals surface area contributed by atoms with Crippen molar-refractivity contribution in [2.75, 3.05) is 24.5 Å². The van der Waals surface area contributed by atoms with Gasteiger partial charge >= 0.3 is 5.97 Å². The maximum Gasteiger partial charge on any atom is 0.328 e. The Morgan fingerprint density at radius 3 is 2.78 bits per heavy atom. The summed E-state index contributed by atoms with van der Waals surface area (Å²) in [4.78, 5) is 12.7. The normalized spacial score (nSPS) is 13.3. The second kappa shape index (κ2) is 8.93. The number of fused-ring (bicyclic) bond motifs is 2. The summed E-state index contributed by atoms with van der Waals surface area (Å²) in [7, 11) is 0. The largest absolute Gasteiger partial charge is 0.506 e. The van der Waals surface area contributed by atoms with Crippen LogP contribution in [0.5, 0.6) is 5.75 Å². The van der Waals surface area contributed by atoms with Crippen LogP contribution in [0.1, 0.15) is 17.5 Å². The summed E-state index contributed by atoms with van der Waals surface area (Å²) < 4.78 is 0. The Hall–Kier alpha value is -2.50. The van der Waals surface area contributed by atoms with E-state index in [-0.39, 0.29) is 5.75 Å². The van der Waals surface area contributed by atoms with Crippen LogP contribution in [0.4, 0.5) is 11.4 Å². The molecule has 1 aliphatic rings. The summed E-state index contributed by atoms with van der Waals surface area (Å²) in [5.74, 6) is -0.817. The van der Waals surface area contributed by atoms with Gasteiger partial charge in [-0.2, -0.15) is 0 Å². The van der Waals surface area contributed by atoms with Gasteiger partial charge in [0.2, 0.25) is 0 Å². The molecule has 0 radical (unpaired) electrons. The number of anilines is 2. The van der Waals surface area contributed by atoms with Gasteiger partial charge in [-0.3, -0.25) is 0 Å². The number of aliphatic carboxylic acids is 1. The number of carboxylic acid groups (broad SMARTS) is 1. The minimum Gasteiger partial charge on any atom is -0.506 e. The molecule has 1 heterocycles.